The average molecular weight is 237 g/mol. The van der Waals surface area contributed by atoms with E-state index in [9.17, 15) is 0 Å². The van der Waals surface area contributed by atoms with Crippen molar-refractivity contribution in [3.8, 4) is 0 Å². The predicted octanol–water partition coefficient (Wildman–Crippen LogP) is 4.68. The minimum atomic E-state index is 0.385. The second kappa shape index (κ2) is 6.04. The van der Waals surface area contributed by atoms with E-state index in [0.29, 0.717) is 11.6 Å². The van der Waals surface area contributed by atoms with Crippen LogP contribution >= 0.6 is 0 Å². The molecule has 0 bridgehead atoms. The second-order valence-corrected chi connectivity index (χ2v) is 6.03. The molecule has 1 N–H and O–H groups in total. The predicted molar refractivity (Wildman–Crippen MR) is 77.3 cm³/mol. The third kappa shape index (κ3) is 3.58. The van der Waals surface area contributed by atoms with Gasteiger partial charge in [-0.1, -0.05) is 38.3 Å². The zero-order valence-corrected chi connectivity index (χ0v) is 12.7. The lowest BCUT2D eigenvalue weighted by molar-refractivity contribution is 0.386. The van der Waals surface area contributed by atoms with Gasteiger partial charge in [-0.15, -0.1) is 0 Å². The maximum atomic E-state index is 3.89. The van der Waals surface area contributed by atoms with Gasteiger partial charge in [-0.25, -0.2) is 0 Å². The van der Waals surface area contributed by atoms with E-state index in [4.69, 9.17) is 0 Å². The van der Waals surface area contributed by atoms with Gasteiger partial charge < -0.3 is 5.32 Å². The molecule has 17 heavy (non-hydrogen) atoms. The first-order valence-corrected chi connectivity index (χ1v) is 7.42. The molecule has 100 valence electrons. The van der Waals surface area contributed by atoms with Gasteiger partial charge in [-0.05, 0) is 52.4 Å². The molecule has 1 saturated carbocycles. The lowest BCUT2D eigenvalue weighted by atomic mass is 10.0. The fourth-order valence-corrected chi connectivity index (χ4v) is 2.92. The minimum Gasteiger partial charge on any atom is -0.308 e. The van der Waals surface area contributed by atoms with Crippen molar-refractivity contribution in [3.05, 3.63) is 11.1 Å². The maximum Gasteiger partial charge on any atom is 0.0228 e. The van der Waals surface area contributed by atoms with Crippen LogP contribution in [0.1, 0.15) is 73.6 Å². The highest BCUT2D eigenvalue weighted by molar-refractivity contribution is 5.27. The van der Waals surface area contributed by atoms with Crippen LogP contribution in [0.15, 0.2) is 11.1 Å². The van der Waals surface area contributed by atoms with Crippen LogP contribution < -0.4 is 5.32 Å². The van der Waals surface area contributed by atoms with E-state index in [1.54, 1.807) is 11.1 Å². The first-order valence-electron chi connectivity index (χ1n) is 7.42. The summed E-state index contributed by atoms with van der Waals surface area (Å²) in [6.45, 7) is 13.9. The SMILES string of the molecule is CCCC(CC)NC1(C)CC1C(C)=C(C)CC. The van der Waals surface area contributed by atoms with Crippen molar-refractivity contribution >= 4 is 0 Å². The van der Waals surface area contributed by atoms with Crippen LogP contribution in [-0.4, -0.2) is 11.6 Å². The summed E-state index contributed by atoms with van der Waals surface area (Å²) in [4.78, 5) is 0. The van der Waals surface area contributed by atoms with Gasteiger partial charge in [0.15, 0.2) is 0 Å². The van der Waals surface area contributed by atoms with Crippen LogP contribution in [0.2, 0.25) is 0 Å². The standard InChI is InChI=1S/C16H31N/c1-7-10-14(9-3)17-16(6)11-15(16)13(5)12(4)8-2/h14-15,17H,7-11H2,1-6H3. The molecule has 1 nitrogen and oxygen atoms in total. The molecule has 0 heterocycles. The van der Waals surface area contributed by atoms with E-state index in [0.717, 1.165) is 5.92 Å². The highest BCUT2D eigenvalue weighted by atomic mass is 15.1. The highest BCUT2D eigenvalue weighted by Gasteiger charge is 2.51. The Hall–Kier alpha value is -0.300. The highest BCUT2D eigenvalue weighted by Crippen LogP contribution is 2.49. The zero-order chi connectivity index (χ0) is 13.1. The van der Waals surface area contributed by atoms with E-state index in [2.05, 4.69) is 46.9 Å². The summed E-state index contributed by atoms with van der Waals surface area (Å²) in [7, 11) is 0. The van der Waals surface area contributed by atoms with E-state index in [-0.39, 0.29) is 0 Å². The van der Waals surface area contributed by atoms with Crippen LogP contribution in [0.4, 0.5) is 0 Å². The summed E-state index contributed by atoms with van der Waals surface area (Å²) in [5.74, 6) is 0.786. The monoisotopic (exact) mass is 237 g/mol. The topological polar surface area (TPSA) is 12.0 Å². The van der Waals surface area contributed by atoms with Crippen LogP contribution in [0.3, 0.4) is 0 Å². The molecule has 1 heteroatoms. The van der Waals surface area contributed by atoms with Gasteiger partial charge in [0, 0.05) is 11.6 Å². The van der Waals surface area contributed by atoms with Gasteiger partial charge in [-0.3, -0.25) is 0 Å². The van der Waals surface area contributed by atoms with Crippen LogP contribution in [0.5, 0.6) is 0 Å². The molecular weight excluding hydrogens is 206 g/mol. The Labute approximate surface area is 108 Å². The lowest BCUT2D eigenvalue weighted by Crippen LogP contribution is -2.39. The van der Waals surface area contributed by atoms with Crippen LogP contribution in [0, 0.1) is 5.92 Å². The van der Waals surface area contributed by atoms with Gasteiger partial charge >= 0.3 is 0 Å². The molecule has 0 radical (unpaired) electrons. The Morgan fingerprint density at radius 2 is 1.94 bits per heavy atom. The maximum absolute atomic E-state index is 3.89. The molecule has 0 spiro atoms. The fraction of sp³-hybridized carbons (Fsp3) is 0.875. The van der Waals surface area contributed by atoms with E-state index in [1.807, 2.05) is 0 Å². The number of allylic oxidation sites excluding steroid dienone is 1. The van der Waals surface area contributed by atoms with Crippen molar-refractivity contribution in [2.45, 2.75) is 85.2 Å². The summed E-state index contributed by atoms with van der Waals surface area (Å²) in [5, 5.41) is 3.89. The summed E-state index contributed by atoms with van der Waals surface area (Å²) in [5.41, 5.74) is 3.61. The second-order valence-electron chi connectivity index (χ2n) is 6.03. The average Bonchev–Trinajstić information content (AvgIpc) is 2.98. The Bertz CT molecular complexity index is 279. The number of nitrogens with one attached hydrogen (secondary N) is 1. The van der Waals surface area contributed by atoms with Gasteiger partial charge in [0.05, 0.1) is 0 Å². The molecule has 0 aromatic rings. The fourth-order valence-electron chi connectivity index (χ4n) is 2.92. The van der Waals surface area contributed by atoms with Crippen molar-refractivity contribution in [1.29, 1.82) is 0 Å². The molecule has 0 saturated heterocycles. The van der Waals surface area contributed by atoms with Crippen LogP contribution in [-0.2, 0) is 0 Å². The van der Waals surface area contributed by atoms with Crippen LogP contribution in [0.25, 0.3) is 0 Å². The minimum absolute atomic E-state index is 0.385. The smallest absolute Gasteiger partial charge is 0.0228 e. The molecule has 3 atom stereocenters. The Morgan fingerprint density at radius 1 is 1.29 bits per heavy atom. The first-order chi connectivity index (χ1) is 7.98. The Morgan fingerprint density at radius 3 is 2.41 bits per heavy atom. The quantitative estimate of drug-likeness (QED) is 0.634. The first kappa shape index (κ1) is 14.8. The van der Waals surface area contributed by atoms with Crippen molar-refractivity contribution in [2.75, 3.05) is 0 Å². The Balaban J connectivity index is 2.57. The molecule has 3 unspecified atom stereocenters. The number of hydrogen-bond acceptors (Lipinski definition) is 1. The molecule has 1 rings (SSSR count). The number of hydrogen-bond donors (Lipinski definition) is 1. The largest absolute Gasteiger partial charge is 0.308 e. The normalized spacial score (nSPS) is 31.1. The molecule has 0 aromatic carbocycles. The van der Waals surface area contributed by atoms with Gasteiger partial charge in [-0.2, -0.15) is 0 Å². The van der Waals surface area contributed by atoms with E-state index < -0.39 is 0 Å². The number of rotatable bonds is 7. The molecule has 0 amide bonds. The summed E-state index contributed by atoms with van der Waals surface area (Å²) in [6, 6.07) is 0.713. The zero-order valence-electron chi connectivity index (χ0n) is 12.7. The molecule has 1 fully saturated rings. The molecule has 0 aromatic heterocycles. The summed E-state index contributed by atoms with van der Waals surface area (Å²) >= 11 is 0. The summed E-state index contributed by atoms with van der Waals surface area (Å²) in [6.07, 6.45) is 6.38. The Kier molecular flexibility index (Phi) is 5.24. The van der Waals surface area contributed by atoms with E-state index >= 15 is 0 Å². The molecular formula is C16H31N. The van der Waals surface area contributed by atoms with Gasteiger partial charge in [0.1, 0.15) is 0 Å². The molecule has 1 aliphatic carbocycles. The third-order valence-corrected chi connectivity index (χ3v) is 4.63. The molecule has 1 aliphatic rings. The van der Waals surface area contributed by atoms with Gasteiger partial charge in [0.25, 0.3) is 0 Å². The van der Waals surface area contributed by atoms with Crippen molar-refractivity contribution < 1.29 is 0 Å². The van der Waals surface area contributed by atoms with E-state index in [1.165, 1.54) is 32.1 Å². The van der Waals surface area contributed by atoms with Crippen molar-refractivity contribution in [3.63, 3.8) is 0 Å². The lowest BCUT2D eigenvalue weighted by Gasteiger charge is -2.23. The van der Waals surface area contributed by atoms with Crippen molar-refractivity contribution in [1.82, 2.24) is 5.32 Å². The van der Waals surface area contributed by atoms with Gasteiger partial charge in [0.2, 0.25) is 0 Å². The molecule has 0 aliphatic heterocycles. The third-order valence-electron chi connectivity index (χ3n) is 4.63. The summed E-state index contributed by atoms with van der Waals surface area (Å²) < 4.78 is 0. The van der Waals surface area contributed by atoms with Crippen molar-refractivity contribution in [2.24, 2.45) is 5.92 Å².